The molecule has 1 atom stereocenters. The van der Waals surface area contributed by atoms with Gasteiger partial charge in [-0.2, -0.15) is 0 Å². The molecule has 0 radical (unpaired) electrons. The van der Waals surface area contributed by atoms with Crippen molar-refractivity contribution in [3.05, 3.63) is 0 Å². The first-order chi connectivity index (χ1) is 7.27. The first-order valence-electron chi connectivity index (χ1n) is 5.62. The van der Waals surface area contributed by atoms with Crippen LogP contribution in [0.4, 0.5) is 4.79 Å². The lowest BCUT2D eigenvalue weighted by atomic mass is 9.95. The van der Waals surface area contributed by atoms with Crippen molar-refractivity contribution in [2.75, 3.05) is 13.2 Å². The molecule has 0 saturated carbocycles. The van der Waals surface area contributed by atoms with E-state index in [1.165, 1.54) is 0 Å². The zero-order chi connectivity index (χ0) is 12.4. The average Bonchev–Trinajstić information content (AvgIpc) is 2.31. The molecule has 1 heterocycles. The Labute approximate surface area is 96.6 Å². The Kier molecular flexibility index (Phi) is 3.80. The second kappa shape index (κ2) is 4.59. The van der Waals surface area contributed by atoms with Crippen molar-refractivity contribution in [3.8, 4) is 0 Å². The molecular formula is C11H22N2O3. The number of nitrogens with one attached hydrogen (secondary N) is 2. The number of aliphatic hydroxyl groups is 1. The Bertz CT molecular complexity index is 264. The van der Waals surface area contributed by atoms with Gasteiger partial charge in [0.2, 0.25) is 0 Å². The van der Waals surface area contributed by atoms with Crippen molar-refractivity contribution in [1.29, 1.82) is 0 Å². The maximum Gasteiger partial charge on any atom is 0.315 e. The van der Waals surface area contributed by atoms with Crippen LogP contribution in [-0.4, -0.2) is 41.5 Å². The summed E-state index contributed by atoms with van der Waals surface area (Å²) in [4.78, 5) is 11.5. The SMILES string of the molecule is CC1(C)CC(NC(=O)NCCO)C(C)(C)O1. The molecule has 2 amide bonds. The Balaban J connectivity index is 2.51. The van der Waals surface area contributed by atoms with Crippen molar-refractivity contribution in [2.45, 2.75) is 51.4 Å². The van der Waals surface area contributed by atoms with Crippen LogP contribution < -0.4 is 10.6 Å². The lowest BCUT2D eigenvalue weighted by molar-refractivity contribution is -0.0690. The van der Waals surface area contributed by atoms with Crippen LogP contribution in [0.1, 0.15) is 34.1 Å². The quantitative estimate of drug-likeness (QED) is 0.666. The average molecular weight is 230 g/mol. The van der Waals surface area contributed by atoms with E-state index < -0.39 is 0 Å². The van der Waals surface area contributed by atoms with Crippen molar-refractivity contribution in [1.82, 2.24) is 10.6 Å². The number of urea groups is 1. The molecule has 1 aliphatic rings. The van der Waals surface area contributed by atoms with Gasteiger partial charge in [0.15, 0.2) is 0 Å². The van der Waals surface area contributed by atoms with Gasteiger partial charge in [-0.25, -0.2) is 4.79 Å². The zero-order valence-electron chi connectivity index (χ0n) is 10.5. The highest BCUT2D eigenvalue weighted by atomic mass is 16.5. The van der Waals surface area contributed by atoms with Crippen LogP contribution in [0.25, 0.3) is 0 Å². The molecule has 1 rings (SSSR count). The maximum atomic E-state index is 11.5. The number of aliphatic hydroxyl groups excluding tert-OH is 1. The van der Waals surface area contributed by atoms with E-state index in [0.29, 0.717) is 0 Å². The van der Waals surface area contributed by atoms with E-state index in [1.807, 2.05) is 27.7 Å². The minimum Gasteiger partial charge on any atom is -0.395 e. The van der Waals surface area contributed by atoms with Crippen molar-refractivity contribution < 1.29 is 14.6 Å². The first kappa shape index (κ1) is 13.3. The van der Waals surface area contributed by atoms with E-state index in [4.69, 9.17) is 9.84 Å². The molecule has 5 heteroatoms. The maximum absolute atomic E-state index is 11.5. The van der Waals surface area contributed by atoms with E-state index in [2.05, 4.69) is 10.6 Å². The number of carbonyl (C=O) groups excluding carboxylic acids is 1. The van der Waals surface area contributed by atoms with Gasteiger partial charge in [-0.15, -0.1) is 0 Å². The summed E-state index contributed by atoms with van der Waals surface area (Å²) in [6, 6.07) is -0.269. The van der Waals surface area contributed by atoms with Gasteiger partial charge in [0, 0.05) is 6.54 Å². The smallest absolute Gasteiger partial charge is 0.315 e. The second-order valence-corrected chi connectivity index (χ2v) is 5.35. The summed E-state index contributed by atoms with van der Waals surface area (Å²) < 4.78 is 5.86. The third-order valence-corrected chi connectivity index (χ3v) is 2.78. The molecule has 0 bridgehead atoms. The molecule has 0 aromatic carbocycles. The number of hydrogen-bond acceptors (Lipinski definition) is 3. The summed E-state index contributed by atoms with van der Waals surface area (Å²) in [7, 11) is 0. The number of rotatable bonds is 3. The summed E-state index contributed by atoms with van der Waals surface area (Å²) in [5.41, 5.74) is -0.571. The fraction of sp³-hybridized carbons (Fsp3) is 0.909. The summed E-state index contributed by atoms with van der Waals surface area (Å²) >= 11 is 0. The highest BCUT2D eigenvalue weighted by Crippen LogP contribution is 2.37. The van der Waals surface area contributed by atoms with Gasteiger partial charge >= 0.3 is 6.03 Å². The summed E-state index contributed by atoms with van der Waals surface area (Å²) in [6.45, 7) is 8.19. The van der Waals surface area contributed by atoms with Crippen LogP contribution in [0.3, 0.4) is 0 Å². The third kappa shape index (κ3) is 3.35. The predicted octanol–water partition coefficient (Wildman–Crippen LogP) is 0.624. The van der Waals surface area contributed by atoms with Gasteiger partial charge in [0.25, 0.3) is 0 Å². The monoisotopic (exact) mass is 230 g/mol. The highest BCUT2D eigenvalue weighted by Gasteiger charge is 2.46. The van der Waals surface area contributed by atoms with Gasteiger partial charge in [0.1, 0.15) is 0 Å². The van der Waals surface area contributed by atoms with Crippen LogP contribution in [0.5, 0.6) is 0 Å². The second-order valence-electron chi connectivity index (χ2n) is 5.35. The Morgan fingerprint density at radius 1 is 1.44 bits per heavy atom. The minimum absolute atomic E-state index is 0.0128. The molecule has 1 saturated heterocycles. The topological polar surface area (TPSA) is 70.6 Å². The van der Waals surface area contributed by atoms with Gasteiger partial charge in [-0.05, 0) is 34.1 Å². The molecule has 16 heavy (non-hydrogen) atoms. The van der Waals surface area contributed by atoms with E-state index in [1.54, 1.807) is 0 Å². The minimum atomic E-state index is -0.361. The third-order valence-electron chi connectivity index (χ3n) is 2.78. The van der Waals surface area contributed by atoms with Gasteiger partial charge < -0.3 is 20.5 Å². The molecule has 94 valence electrons. The molecule has 5 nitrogen and oxygen atoms in total. The van der Waals surface area contributed by atoms with Gasteiger partial charge in [0.05, 0.1) is 23.9 Å². The molecule has 1 unspecified atom stereocenters. The largest absolute Gasteiger partial charge is 0.395 e. The fourth-order valence-electron chi connectivity index (χ4n) is 2.17. The number of carbonyl (C=O) groups is 1. The van der Waals surface area contributed by atoms with Crippen LogP contribution in [0.2, 0.25) is 0 Å². The van der Waals surface area contributed by atoms with E-state index in [9.17, 15) is 4.79 Å². The molecule has 3 N–H and O–H groups in total. The van der Waals surface area contributed by atoms with Gasteiger partial charge in [-0.3, -0.25) is 0 Å². The molecule has 1 fully saturated rings. The molecule has 1 aliphatic heterocycles. The molecule has 0 aromatic rings. The number of amides is 2. The molecule has 0 spiro atoms. The first-order valence-corrected chi connectivity index (χ1v) is 5.62. The van der Waals surface area contributed by atoms with Crippen molar-refractivity contribution in [3.63, 3.8) is 0 Å². The molecule has 0 aliphatic carbocycles. The Morgan fingerprint density at radius 3 is 2.50 bits per heavy atom. The van der Waals surface area contributed by atoms with Gasteiger partial charge in [-0.1, -0.05) is 0 Å². The summed E-state index contributed by atoms with van der Waals surface area (Å²) in [5, 5.41) is 14.0. The van der Waals surface area contributed by atoms with Crippen LogP contribution in [-0.2, 0) is 4.74 Å². The van der Waals surface area contributed by atoms with E-state index in [-0.39, 0.29) is 36.4 Å². The fourth-order valence-corrected chi connectivity index (χ4v) is 2.17. The Morgan fingerprint density at radius 2 is 2.06 bits per heavy atom. The van der Waals surface area contributed by atoms with Crippen molar-refractivity contribution in [2.24, 2.45) is 0 Å². The Hall–Kier alpha value is -0.810. The highest BCUT2D eigenvalue weighted by molar-refractivity contribution is 5.74. The van der Waals surface area contributed by atoms with Crippen molar-refractivity contribution >= 4 is 6.03 Å². The molecule has 0 aromatic heterocycles. The normalized spacial score (nSPS) is 26.4. The lowest BCUT2D eigenvalue weighted by Crippen LogP contribution is -2.50. The zero-order valence-corrected chi connectivity index (χ0v) is 10.5. The lowest BCUT2D eigenvalue weighted by Gasteiger charge is -2.27. The number of hydrogen-bond donors (Lipinski definition) is 3. The summed E-state index contributed by atoms with van der Waals surface area (Å²) in [6.07, 6.45) is 0.784. The molecular weight excluding hydrogens is 208 g/mol. The van der Waals surface area contributed by atoms with E-state index >= 15 is 0 Å². The standard InChI is InChI=1S/C11H22N2O3/c1-10(2)7-8(11(3,4)16-10)13-9(15)12-5-6-14/h8,14H,5-7H2,1-4H3,(H2,12,13,15). The van der Waals surface area contributed by atoms with Crippen LogP contribution in [0, 0.1) is 0 Å². The summed E-state index contributed by atoms with van der Waals surface area (Å²) in [5.74, 6) is 0. The predicted molar refractivity (Wildman–Crippen MR) is 61.3 cm³/mol. The number of ether oxygens (including phenoxy) is 1. The van der Waals surface area contributed by atoms with E-state index in [0.717, 1.165) is 6.42 Å². The van der Waals surface area contributed by atoms with Crippen LogP contribution in [0.15, 0.2) is 0 Å². The van der Waals surface area contributed by atoms with Crippen LogP contribution >= 0.6 is 0 Å².